The van der Waals surface area contributed by atoms with Gasteiger partial charge in [0, 0.05) is 18.6 Å². The van der Waals surface area contributed by atoms with Gasteiger partial charge in [-0.25, -0.2) is 0 Å². The second-order valence-electron chi connectivity index (χ2n) is 6.41. The van der Waals surface area contributed by atoms with Gasteiger partial charge in [0.15, 0.2) is 6.10 Å². The molecule has 108 valence electrons. The molecule has 0 saturated heterocycles. The maximum atomic E-state index is 11.5. The summed E-state index contributed by atoms with van der Waals surface area (Å²) >= 11 is 0. The zero-order chi connectivity index (χ0) is 14.4. The fourth-order valence-corrected chi connectivity index (χ4v) is 1.15. The number of hydrogen-bond donors (Lipinski definition) is 3. The highest BCUT2D eigenvalue weighted by atomic mass is 16.5. The molecule has 0 saturated carbocycles. The Morgan fingerprint density at radius 2 is 1.72 bits per heavy atom. The molecule has 0 spiro atoms. The number of hydrogen-bond acceptors (Lipinski definition) is 4. The van der Waals surface area contributed by atoms with Gasteiger partial charge in [0.05, 0.1) is 12.2 Å². The largest absolute Gasteiger partial charge is 0.381 e. The van der Waals surface area contributed by atoms with Crippen molar-refractivity contribution in [1.29, 1.82) is 0 Å². The number of rotatable bonds is 6. The predicted molar refractivity (Wildman–Crippen MR) is 72.5 cm³/mol. The van der Waals surface area contributed by atoms with Crippen molar-refractivity contribution >= 4 is 5.91 Å². The standard InChI is InChI=1S/C13H28N2O3/c1-12(2,3)15-8-7-14-11(17)10(16)9-18-13(4,5)6/h10,15-16H,7-9H2,1-6H3,(H,14,17). The van der Waals surface area contributed by atoms with Crippen molar-refractivity contribution in [3.8, 4) is 0 Å². The quantitative estimate of drug-likeness (QED) is 0.614. The highest BCUT2D eigenvalue weighted by Gasteiger charge is 2.19. The van der Waals surface area contributed by atoms with Crippen molar-refractivity contribution in [2.75, 3.05) is 19.7 Å². The Morgan fingerprint density at radius 3 is 2.17 bits per heavy atom. The van der Waals surface area contributed by atoms with Crippen LogP contribution in [0, 0.1) is 0 Å². The van der Waals surface area contributed by atoms with Crippen LogP contribution in [0.5, 0.6) is 0 Å². The van der Waals surface area contributed by atoms with Gasteiger partial charge < -0.3 is 20.5 Å². The first-order valence-corrected chi connectivity index (χ1v) is 6.36. The molecule has 0 fully saturated rings. The third kappa shape index (κ3) is 10.5. The summed E-state index contributed by atoms with van der Waals surface area (Å²) in [5.41, 5.74) is -0.326. The minimum absolute atomic E-state index is 0.0159. The lowest BCUT2D eigenvalue weighted by Crippen LogP contribution is -2.44. The summed E-state index contributed by atoms with van der Waals surface area (Å²) in [6.45, 7) is 13.0. The van der Waals surface area contributed by atoms with E-state index in [1.165, 1.54) is 0 Å². The van der Waals surface area contributed by atoms with Crippen LogP contribution >= 0.6 is 0 Å². The summed E-state index contributed by atoms with van der Waals surface area (Å²) in [7, 11) is 0. The van der Waals surface area contributed by atoms with E-state index in [4.69, 9.17) is 4.74 Å². The first kappa shape index (κ1) is 17.4. The van der Waals surface area contributed by atoms with E-state index in [1.807, 2.05) is 20.8 Å². The number of amides is 1. The Bertz CT molecular complexity index is 254. The molecule has 5 nitrogen and oxygen atoms in total. The highest BCUT2D eigenvalue weighted by molar-refractivity contribution is 5.80. The SMILES string of the molecule is CC(C)(C)NCCNC(=O)C(O)COC(C)(C)C. The van der Waals surface area contributed by atoms with Crippen LogP contribution in [0.2, 0.25) is 0 Å². The molecule has 0 aliphatic rings. The molecule has 1 atom stereocenters. The molecule has 0 aromatic heterocycles. The number of carbonyl (C=O) groups is 1. The van der Waals surface area contributed by atoms with E-state index < -0.39 is 12.0 Å². The number of carbonyl (C=O) groups excluding carboxylic acids is 1. The summed E-state index contributed by atoms with van der Waals surface area (Å²) in [4.78, 5) is 11.5. The second kappa shape index (κ2) is 7.07. The van der Waals surface area contributed by atoms with E-state index >= 15 is 0 Å². The third-order valence-corrected chi connectivity index (χ3v) is 2.06. The molecule has 0 radical (unpaired) electrons. The lowest BCUT2D eigenvalue weighted by Gasteiger charge is -2.22. The Hall–Kier alpha value is -0.650. The molecule has 1 unspecified atom stereocenters. The molecule has 0 bridgehead atoms. The average molecular weight is 260 g/mol. The van der Waals surface area contributed by atoms with E-state index in [2.05, 4.69) is 31.4 Å². The topological polar surface area (TPSA) is 70.6 Å². The maximum Gasteiger partial charge on any atom is 0.251 e. The van der Waals surface area contributed by atoms with Gasteiger partial charge in [-0.15, -0.1) is 0 Å². The second-order valence-corrected chi connectivity index (χ2v) is 6.41. The third-order valence-electron chi connectivity index (χ3n) is 2.06. The molecule has 1 amide bonds. The predicted octanol–water partition coefficient (Wildman–Crippen LogP) is 0.667. The van der Waals surface area contributed by atoms with E-state index in [-0.39, 0.29) is 17.7 Å². The molecule has 0 aliphatic carbocycles. The summed E-state index contributed by atoms with van der Waals surface area (Å²) in [6, 6.07) is 0. The molecule has 0 aliphatic heterocycles. The fourth-order valence-electron chi connectivity index (χ4n) is 1.15. The Kier molecular flexibility index (Phi) is 6.81. The van der Waals surface area contributed by atoms with E-state index in [9.17, 15) is 9.90 Å². The lowest BCUT2D eigenvalue weighted by atomic mass is 10.1. The van der Waals surface area contributed by atoms with Gasteiger partial charge in [0.25, 0.3) is 5.91 Å². The summed E-state index contributed by atoms with van der Waals surface area (Å²) < 4.78 is 5.35. The zero-order valence-electron chi connectivity index (χ0n) is 12.5. The van der Waals surface area contributed by atoms with Gasteiger partial charge in [0.1, 0.15) is 0 Å². The van der Waals surface area contributed by atoms with Crippen molar-refractivity contribution in [2.24, 2.45) is 0 Å². The van der Waals surface area contributed by atoms with E-state index in [0.717, 1.165) is 0 Å². The molecule has 0 heterocycles. The molecule has 0 aromatic carbocycles. The van der Waals surface area contributed by atoms with Crippen LogP contribution in [-0.2, 0) is 9.53 Å². The van der Waals surface area contributed by atoms with Crippen molar-refractivity contribution < 1.29 is 14.6 Å². The summed E-state index contributed by atoms with van der Waals surface area (Å²) in [6.07, 6.45) is -1.11. The van der Waals surface area contributed by atoms with Crippen LogP contribution < -0.4 is 10.6 Å². The van der Waals surface area contributed by atoms with Crippen LogP contribution in [0.15, 0.2) is 0 Å². The number of nitrogens with one attached hydrogen (secondary N) is 2. The normalized spacial score (nSPS) is 14.4. The van der Waals surface area contributed by atoms with Gasteiger partial charge in [0.2, 0.25) is 0 Å². The maximum absolute atomic E-state index is 11.5. The first-order valence-electron chi connectivity index (χ1n) is 6.36. The van der Waals surface area contributed by atoms with Gasteiger partial charge in [-0.3, -0.25) is 4.79 Å². The Labute approximate surface area is 110 Å². The van der Waals surface area contributed by atoms with Gasteiger partial charge in [-0.2, -0.15) is 0 Å². The number of aliphatic hydroxyl groups is 1. The number of aliphatic hydroxyl groups excluding tert-OH is 1. The molecule has 0 rings (SSSR count). The van der Waals surface area contributed by atoms with Gasteiger partial charge in [-0.1, -0.05) is 0 Å². The van der Waals surface area contributed by atoms with Crippen LogP contribution in [0.25, 0.3) is 0 Å². The van der Waals surface area contributed by atoms with E-state index in [1.54, 1.807) is 0 Å². The van der Waals surface area contributed by atoms with Crippen molar-refractivity contribution in [3.63, 3.8) is 0 Å². The zero-order valence-corrected chi connectivity index (χ0v) is 12.5. The Balaban J connectivity index is 3.75. The minimum atomic E-state index is -1.11. The van der Waals surface area contributed by atoms with Crippen LogP contribution in [0.1, 0.15) is 41.5 Å². The van der Waals surface area contributed by atoms with Gasteiger partial charge in [-0.05, 0) is 41.5 Å². The molecule has 3 N–H and O–H groups in total. The lowest BCUT2D eigenvalue weighted by molar-refractivity contribution is -0.135. The van der Waals surface area contributed by atoms with Gasteiger partial charge >= 0.3 is 0 Å². The molecular formula is C13H28N2O3. The van der Waals surface area contributed by atoms with Crippen LogP contribution in [-0.4, -0.2) is 48.0 Å². The Morgan fingerprint density at radius 1 is 1.17 bits per heavy atom. The molecule has 0 aromatic rings. The molecular weight excluding hydrogens is 232 g/mol. The van der Waals surface area contributed by atoms with Crippen LogP contribution in [0.3, 0.4) is 0 Å². The van der Waals surface area contributed by atoms with Crippen LogP contribution in [0.4, 0.5) is 0 Å². The van der Waals surface area contributed by atoms with Crippen molar-refractivity contribution in [3.05, 3.63) is 0 Å². The smallest absolute Gasteiger partial charge is 0.251 e. The van der Waals surface area contributed by atoms with Crippen molar-refractivity contribution in [2.45, 2.75) is 58.8 Å². The summed E-state index contributed by atoms with van der Waals surface area (Å²) in [5.74, 6) is -0.394. The summed E-state index contributed by atoms with van der Waals surface area (Å²) in [5, 5.41) is 15.5. The highest BCUT2D eigenvalue weighted by Crippen LogP contribution is 2.06. The van der Waals surface area contributed by atoms with Crippen molar-refractivity contribution in [1.82, 2.24) is 10.6 Å². The fraction of sp³-hybridized carbons (Fsp3) is 0.923. The number of ether oxygens (including phenoxy) is 1. The molecule has 18 heavy (non-hydrogen) atoms. The van der Waals surface area contributed by atoms with E-state index in [0.29, 0.717) is 13.1 Å². The average Bonchev–Trinajstić information content (AvgIpc) is 2.18. The monoisotopic (exact) mass is 260 g/mol. The first-order chi connectivity index (χ1) is 8.01. The molecule has 5 heteroatoms. The minimum Gasteiger partial charge on any atom is -0.381 e.